The lowest BCUT2D eigenvalue weighted by Crippen LogP contribution is -2.40. The first-order valence-electron chi connectivity index (χ1n) is 6.84. The number of oxazole rings is 1. The fourth-order valence-corrected chi connectivity index (χ4v) is 2.98. The van der Waals surface area contributed by atoms with Crippen molar-refractivity contribution in [1.82, 2.24) is 10.3 Å². The fourth-order valence-electron chi connectivity index (χ4n) is 2.82. The quantitative estimate of drug-likeness (QED) is 0.909. The molecule has 19 heavy (non-hydrogen) atoms. The van der Waals surface area contributed by atoms with Crippen LogP contribution in [0.15, 0.2) is 22.6 Å². The lowest BCUT2D eigenvalue weighted by Gasteiger charge is -2.34. The number of rotatable bonds is 2. The second-order valence-electron chi connectivity index (χ2n) is 5.90. The minimum Gasteiger partial charge on any atom is -0.440 e. The summed E-state index contributed by atoms with van der Waals surface area (Å²) in [6.07, 6.45) is 2.44. The third-order valence-electron chi connectivity index (χ3n) is 4.22. The highest BCUT2D eigenvalue weighted by Gasteiger charge is 2.36. The molecule has 1 N–H and O–H groups in total. The van der Waals surface area contributed by atoms with Gasteiger partial charge in [0.15, 0.2) is 5.58 Å². The van der Waals surface area contributed by atoms with Crippen molar-refractivity contribution in [3.63, 3.8) is 0 Å². The third kappa shape index (κ3) is 2.37. The molecule has 1 atom stereocenters. The van der Waals surface area contributed by atoms with Crippen molar-refractivity contribution < 1.29 is 4.42 Å². The van der Waals surface area contributed by atoms with E-state index in [0.717, 1.165) is 30.1 Å². The Balaban J connectivity index is 1.97. The molecule has 0 bridgehead atoms. The summed E-state index contributed by atoms with van der Waals surface area (Å²) in [6, 6.07) is 5.59. The van der Waals surface area contributed by atoms with Crippen LogP contribution in [-0.4, -0.2) is 18.1 Å². The molecule has 2 aromatic rings. The largest absolute Gasteiger partial charge is 0.440 e. The van der Waals surface area contributed by atoms with Gasteiger partial charge in [0.05, 0.1) is 0 Å². The number of nitrogens with zero attached hydrogens (tertiary/aromatic N) is 1. The Morgan fingerprint density at radius 3 is 3.00 bits per heavy atom. The van der Waals surface area contributed by atoms with E-state index in [1.54, 1.807) is 0 Å². The molecule has 0 aliphatic carbocycles. The monoisotopic (exact) mass is 278 g/mol. The van der Waals surface area contributed by atoms with Gasteiger partial charge in [0, 0.05) is 10.4 Å². The molecule has 1 aromatic carbocycles. The summed E-state index contributed by atoms with van der Waals surface area (Å²) in [5, 5.41) is 4.16. The second kappa shape index (κ2) is 4.80. The van der Waals surface area contributed by atoms with Crippen molar-refractivity contribution >= 4 is 22.7 Å². The number of halogens is 1. The van der Waals surface area contributed by atoms with Crippen molar-refractivity contribution in [1.29, 1.82) is 0 Å². The van der Waals surface area contributed by atoms with Crippen LogP contribution in [-0.2, 0) is 5.41 Å². The summed E-state index contributed by atoms with van der Waals surface area (Å²) in [5.41, 5.74) is 1.61. The van der Waals surface area contributed by atoms with Crippen molar-refractivity contribution in [3.8, 4) is 0 Å². The Labute approximate surface area is 118 Å². The van der Waals surface area contributed by atoms with Gasteiger partial charge in [0.25, 0.3) is 0 Å². The summed E-state index contributed by atoms with van der Waals surface area (Å²) < 4.78 is 5.94. The van der Waals surface area contributed by atoms with Crippen LogP contribution in [0.1, 0.15) is 32.6 Å². The Hall–Kier alpha value is -1.06. The number of hydrogen-bond acceptors (Lipinski definition) is 3. The lowest BCUT2D eigenvalue weighted by atomic mass is 9.75. The molecule has 0 saturated carbocycles. The molecule has 1 aliphatic heterocycles. The molecule has 0 amide bonds. The minimum atomic E-state index is -0.0566. The first-order chi connectivity index (χ1) is 9.07. The maximum absolute atomic E-state index is 6.00. The van der Waals surface area contributed by atoms with Gasteiger partial charge in [-0.15, -0.1) is 0 Å². The van der Waals surface area contributed by atoms with Crippen LogP contribution in [0.4, 0.5) is 0 Å². The molecule has 4 heteroatoms. The van der Waals surface area contributed by atoms with Crippen molar-refractivity contribution in [3.05, 3.63) is 29.1 Å². The van der Waals surface area contributed by atoms with Crippen molar-refractivity contribution in [2.24, 2.45) is 5.92 Å². The maximum Gasteiger partial charge on any atom is 0.201 e. The van der Waals surface area contributed by atoms with Gasteiger partial charge in [0.2, 0.25) is 5.89 Å². The van der Waals surface area contributed by atoms with E-state index in [-0.39, 0.29) is 5.41 Å². The molecule has 1 fully saturated rings. The van der Waals surface area contributed by atoms with Crippen LogP contribution < -0.4 is 5.32 Å². The molecule has 0 spiro atoms. The van der Waals surface area contributed by atoms with E-state index in [2.05, 4.69) is 24.1 Å². The number of nitrogens with one attached hydrogen (secondary N) is 1. The highest BCUT2D eigenvalue weighted by molar-refractivity contribution is 6.31. The van der Waals surface area contributed by atoms with E-state index in [0.29, 0.717) is 10.9 Å². The Morgan fingerprint density at radius 2 is 2.26 bits per heavy atom. The van der Waals surface area contributed by atoms with Crippen LogP contribution in [0.3, 0.4) is 0 Å². The van der Waals surface area contributed by atoms with Crippen LogP contribution >= 0.6 is 11.6 Å². The molecule has 1 saturated heterocycles. The number of benzene rings is 1. The predicted octanol–water partition coefficient (Wildman–Crippen LogP) is 3.76. The van der Waals surface area contributed by atoms with Gasteiger partial charge in [-0.25, -0.2) is 4.98 Å². The molecule has 3 rings (SSSR count). The van der Waals surface area contributed by atoms with Crippen LogP contribution in [0, 0.1) is 5.92 Å². The smallest absolute Gasteiger partial charge is 0.201 e. The fraction of sp³-hybridized carbons (Fsp3) is 0.533. The van der Waals surface area contributed by atoms with Gasteiger partial charge >= 0.3 is 0 Å². The van der Waals surface area contributed by atoms with Crippen molar-refractivity contribution in [2.45, 2.75) is 32.1 Å². The zero-order valence-electron chi connectivity index (χ0n) is 11.4. The average molecular weight is 279 g/mol. The van der Waals surface area contributed by atoms with Gasteiger partial charge in [0.1, 0.15) is 5.52 Å². The molecule has 0 radical (unpaired) electrons. The first kappa shape index (κ1) is 12.9. The van der Waals surface area contributed by atoms with Gasteiger partial charge in [-0.3, -0.25) is 0 Å². The molecule has 1 aromatic heterocycles. The summed E-state index contributed by atoms with van der Waals surface area (Å²) >= 11 is 6.00. The van der Waals surface area contributed by atoms with Gasteiger partial charge < -0.3 is 9.73 Å². The normalized spacial score (nSPS) is 20.9. The van der Waals surface area contributed by atoms with E-state index in [9.17, 15) is 0 Å². The highest BCUT2D eigenvalue weighted by atomic mass is 35.5. The van der Waals surface area contributed by atoms with Crippen LogP contribution in [0.2, 0.25) is 5.02 Å². The topological polar surface area (TPSA) is 38.1 Å². The van der Waals surface area contributed by atoms with E-state index >= 15 is 0 Å². The molecule has 3 nitrogen and oxygen atoms in total. The standard InChI is InChI=1S/C15H19ClN2O/c1-15(2,10-4-3-7-17-9-10)14-18-12-8-11(16)5-6-13(12)19-14/h5-6,8,10,17H,3-4,7,9H2,1-2H3. The Morgan fingerprint density at radius 1 is 1.42 bits per heavy atom. The summed E-state index contributed by atoms with van der Waals surface area (Å²) in [4.78, 5) is 4.64. The summed E-state index contributed by atoms with van der Waals surface area (Å²) in [7, 11) is 0. The number of fused-ring (bicyclic) bond motifs is 1. The molecule has 1 aliphatic rings. The summed E-state index contributed by atoms with van der Waals surface area (Å²) in [6.45, 7) is 6.59. The van der Waals surface area contributed by atoms with E-state index < -0.39 is 0 Å². The molecule has 102 valence electrons. The number of piperidine rings is 1. The minimum absolute atomic E-state index is 0.0566. The van der Waals surface area contributed by atoms with Gasteiger partial charge in [-0.1, -0.05) is 25.4 Å². The van der Waals surface area contributed by atoms with E-state index in [1.165, 1.54) is 12.8 Å². The van der Waals surface area contributed by atoms with E-state index in [4.69, 9.17) is 16.0 Å². The lowest BCUT2D eigenvalue weighted by molar-refractivity contribution is 0.215. The maximum atomic E-state index is 6.00. The molecule has 1 unspecified atom stereocenters. The molecule has 2 heterocycles. The first-order valence-corrected chi connectivity index (χ1v) is 7.22. The van der Waals surface area contributed by atoms with Gasteiger partial charge in [-0.2, -0.15) is 0 Å². The average Bonchev–Trinajstić information content (AvgIpc) is 2.83. The van der Waals surface area contributed by atoms with Crippen LogP contribution in [0.5, 0.6) is 0 Å². The number of aromatic nitrogens is 1. The SMILES string of the molecule is CC(C)(c1nc2cc(Cl)ccc2o1)C1CCCNC1. The Bertz CT molecular complexity index is 585. The van der Waals surface area contributed by atoms with E-state index in [1.807, 2.05) is 18.2 Å². The van der Waals surface area contributed by atoms with Crippen LogP contribution in [0.25, 0.3) is 11.1 Å². The number of hydrogen-bond donors (Lipinski definition) is 1. The molecular formula is C15H19ClN2O. The predicted molar refractivity (Wildman–Crippen MR) is 77.6 cm³/mol. The second-order valence-corrected chi connectivity index (χ2v) is 6.33. The zero-order chi connectivity index (χ0) is 13.5. The van der Waals surface area contributed by atoms with Crippen molar-refractivity contribution in [2.75, 3.05) is 13.1 Å². The third-order valence-corrected chi connectivity index (χ3v) is 4.45. The van der Waals surface area contributed by atoms with Gasteiger partial charge in [-0.05, 0) is 50.0 Å². The summed E-state index contributed by atoms with van der Waals surface area (Å²) in [5.74, 6) is 1.38. The Kier molecular flexibility index (Phi) is 3.27. The molecular weight excluding hydrogens is 260 g/mol. The zero-order valence-corrected chi connectivity index (χ0v) is 12.1. The highest BCUT2D eigenvalue weighted by Crippen LogP contribution is 2.36.